The fourth-order valence-electron chi connectivity index (χ4n) is 1.67. The molecule has 0 radical (unpaired) electrons. The summed E-state index contributed by atoms with van der Waals surface area (Å²) in [5, 5.41) is 0.229. The summed E-state index contributed by atoms with van der Waals surface area (Å²) in [6.45, 7) is 19.0. The molecule has 0 saturated heterocycles. The molecular formula is C16H34O3Si. The van der Waals surface area contributed by atoms with Crippen molar-refractivity contribution in [2.45, 2.75) is 97.6 Å². The molecule has 0 saturated carbocycles. The number of carbonyl (C=O) groups is 1. The van der Waals surface area contributed by atoms with Gasteiger partial charge >= 0.3 is 5.97 Å². The Bertz CT molecular complexity index is 311. The van der Waals surface area contributed by atoms with Gasteiger partial charge in [-0.1, -0.05) is 20.8 Å². The quantitative estimate of drug-likeness (QED) is 0.516. The molecule has 0 aromatic carbocycles. The van der Waals surface area contributed by atoms with E-state index in [-0.39, 0.29) is 22.7 Å². The summed E-state index contributed by atoms with van der Waals surface area (Å²) >= 11 is 0. The summed E-state index contributed by atoms with van der Waals surface area (Å²) in [5.41, 5.74) is -0.389. The van der Waals surface area contributed by atoms with Crippen LogP contribution in [0.1, 0.15) is 67.7 Å². The van der Waals surface area contributed by atoms with E-state index in [2.05, 4.69) is 40.8 Å². The Morgan fingerprint density at radius 3 is 2.00 bits per heavy atom. The van der Waals surface area contributed by atoms with Gasteiger partial charge in [0.1, 0.15) is 5.60 Å². The third-order valence-electron chi connectivity index (χ3n) is 3.71. The normalized spacial score (nSPS) is 15.1. The molecule has 0 aliphatic heterocycles. The van der Waals surface area contributed by atoms with Crippen LogP contribution in [0.2, 0.25) is 18.1 Å². The Balaban J connectivity index is 4.07. The zero-order chi connectivity index (χ0) is 16.2. The predicted octanol–water partition coefficient (Wildman–Crippen LogP) is 4.91. The Morgan fingerprint density at radius 2 is 1.60 bits per heavy atom. The molecule has 120 valence electrons. The monoisotopic (exact) mass is 302 g/mol. The van der Waals surface area contributed by atoms with Crippen LogP contribution >= 0.6 is 0 Å². The van der Waals surface area contributed by atoms with Gasteiger partial charge in [0.2, 0.25) is 0 Å². The van der Waals surface area contributed by atoms with Crippen molar-refractivity contribution in [2.24, 2.45) is 0 Å². The fraction of sp³-hybridized carbons (Fsp3) is 0.938. The lowest BCUT2D eigenvalue weighted by Gasteiger charge is -2.38. The zero-order valence-electron chi connectivity index (χ0n) is 14.9. The highest BCUT2D eigenvalue weighted by molar-refractivity contribution is 6.74. The topological polar surface area (TPSA) is 35.5 Å². The summed E-state index contributed by atoms with van der Waals surface area (Å²) in [5.74, 6) is -0.114. The first-order valence-corrected chi connectivity index (χ1v) is 10.5. The molecule has 4 heteroatoms. The van der Waals surface area contributed by atoms with Crippen LogP contribution < -0.4 is 0 Å². The van der Waals surface area contributed by atoms with Crippen LogP contribution in [0.15, 0.2) is 0 Å². The van der Waals surface area contributed by atoms with Crippen LogP contribution in [0.3, 0.4) is 0 Å². The lowest BCUT2D eigenvalue weighted by Crippen LogP contribution is -2.43. The summed E-state index contributed by atoms with van der Waals surface area (Å²) in [6.07, 6.45) is 2.41. The lowest BCUT2D eigenvalue weighted by molar-refractivity contribution is -0.155. The van der Waals surface area contributed by atoms with Gasteiger partial charge in [0.05, 0.1) is 0 Å². The lowest BCUT2D eigenvalue weighted by atomic mass is 10.1. The molecule has 3 nitrogen and oxygen atoms in total. The van der Waals surface area contributed by atoms with Gasteiger partial charge in [-0.2, -0.15) is 0 Å². The number of hydrogen-bond acceptors (Lipinski definition) is 3. The van der Waals surface area contributed by atoms with Gasteiger partial charge in [0.15, 0.2) is 8.32 Å². The molecule has 1 unspecified atom stereocenters. The molecule has 0 spiro atoms. The number of esters is 1. The molecule has 0 N–H and O–H groups in total. The highest BCUT2D eigenvalue weighted by Crippen LogP contribution is 2.37. The minimum absolute atomic E-state index is 0.114. The third kappa shape index (κ3) is 8.05. The second-order valence-corrected chi connectivity index (χ2v) is 12.9. The van der Waals surface area contributed by atoms with Crippen molar-refractivity contribution in [3.8, 4) is 0 Å². The predicted molar refractivity (Wildman–Crippen MR) is 87.4 cm³/mol. The molecule has 1 atom stereocenters. The van der Waals surface area contributed by atoms with Crippen molar-refractivity contribution >= 4 is 14.3 Å². The first-order chi connectivity index (χ1) is 8.74. The van der Waals surface area contributed by atoms with E-state index >= 15 is 0 Å². The van der Waals surface area contributed by atoms with Crippen LogP contribution in [0.5, 0.6) is 0 Å². The standard InChI is InChI=1S/C16H34O3Si/c1-13(19-20(8,9)16(5,6)7)11-10-12-14(17)18-15(2,3)4/h13H,10-12H2,1-9H3. The molecule has 0 aromatic rings. The maximum Gasteiger partial charge on any atom is 0.306 e. The minimum Gasteiger partial charge on any atom is -0.460 e. The fourth-order valence-corrected chi connectivity index (χ4v) is 3.14. The molecule has 0 rings (SSSR count). The van der Waals surface area contributed by atoms with E-state index in [1.54, 1.807) is 0 Å². The van der Waals surface area contributed by atoms with Crippen LogP contribution in [-0.2, 0) is 14.0 Å². The Labute approximate surface area is 126 Å². The van der Waals surface area contributed by atoms with Gasteiger partial charge in [0.25, 0.3) is 0 Å². The first-order valence-electron chi connectivity index (χ1n) is 7.64. The van der Waals surface area contributed by atoms with Crippen molar-refractivity contribution in [3.05, 3.63) is 0 Å². The summed E-state index contributed by atoms with van der Waals surface area (Å²) < 4.78 is 11.6. The Morgan fingerprint density at radius 1 is 1.10 bits per heavy atom. The van der Waals surface area contributed by atoms with Crippen molar-refractivity contribution in [2.75, 3.05) is 0 Å². The maximum atomic E-state index is 11.6. The van der Waals surface area contributed by atoms with E-state index in [1.165, 1.54) is 0 Å². The summed E-state index contributed by atoms with van der Waals surface area (Å²) in [7, 11) is -1.70. The molecule has 0 aromatic heterocycles. The van der Waals surface area contributed by atoms with Crippen molar-refractivity contribution < 1.29 is 14.0 Å². The summed E-state index contributed by atoms with van der Waals surface area (Å²) in [6, 6.07) is 0. The molecule has 0 aliphatic carbocycles. The van der Waals surface area contributed by atoms with Crippen molar-refractivity contribution in [3.63, 3.8) is 0 Å². The SMILES string of the molecule is CC(CCCC(=O)OC(C)(C)C)O[Si](C)(C)C(C)(C)C. The number of ether oxygens (including phenoxy) is 1. The highest BCUT2D eigenvalue weighted by atomic mass is 28.4. The van der Waals surface area contributed by atoms with Gasteiger partial charge in [-0.25, -0.2) is 0 Å². The van der Waals surface area contributed by atoms with E-state index < -0.39 is 8.32 Å². The first kappa shape index (κ1) is 19.6. The smallest absolute Gasteiger partial charge is 0.306 e. The van der Waals surface area contributed by atoms with E-state index in [4.69, 9.17) is 9.16 Å². The zero-order valence-corrected chi connectivity index (χ0v) is 15.9. The second kappa shape index (κ2) is 7.08. The average molecular weight is 303 g/mol. The van der Waals surface area contributed by atoms with Crippen molar-refractivity contribution in [1.29, 1.82) is 0 Å². The molecular weight excluding hydrogens is 268 g/mol. The molecule has 0 heterocycles. The number of hydrogen-bond donors (Lipinski definition) is 0. The largest absolute Gasteiger partial charge is 0.460 e. The maximum absolute atomic E-state index is 11.6. The van der Waals surface area contributed by atoms with Crippen LogP contribution in [-0.4, -0.2) is 26.0 Å². The van der Waals surface area contributed by atoms with Crippen LogP contribution in [0, 0.1) is 0 Å². The van der Waals surface area contributed by atoms with Crippen molar-refractivity contribution in [1.82, 2.24) is 0 Å². The minimum atomic E-state index is -1.70. The summed E-state index contributed by atoms with van der Waals surface area (Å²) in [4.78, 5) is 11.6. The van der Waals surface area contributed by atoms with Crippen LogP contribution in [0.4, 0.5) is 0 Å². The van der Waals surface area contributed by atoms with Gasteiger partial charge in [0, 0.05) is 12.5 Å². The molecule has 0 bridgehead atoms. The average Bonchev–Trinajstić information content (AvgIpc) is 2.11. The van der Waals surface area contributed by atoms with Gasteiger partial charge in [-0.15, -0.1) is 0 Å². The van der Waals surface area contributed by atoms with Gasteiger partial charge in [-0.05, 0) is 58.7 Å². The van der Waals surface area contributed by atoms with E-state index in [1.807, 2.05) is 20.8 Å². The van der Waals surface area contributed by atoms with Gasteiger partial charge in [-0.3, -0.25) is 4.79 Å². The Kier molecular flexibility index (Phi) is 6.95. The number of carbonyl (C=O) groups excluding carboxylic acids is 1. The van der Waals surface area contributed by atoms with E-state index in [9.17, 15) is 4.79 Å². The molecule has 0 aliphatic rings. The molecule has 0 fully saturated rings. The van der Waals surface area contributed by atoms with E-state index in [0.29, 0.717) is 6.42 Å². The highest BCUT2D eigenvalue weighted by Gasteiger charge is 2.38. The van der Waals surface area contributed by atoms with Crippen LogP contribution in [0.25, 0.3) is 0 Å². The third-order valence-corrected chi connectivity index (χ3v) is 8.32. The second-order valence-electron chi connectivity index (χ2n) is 8.17. The van der Waals surface area contributed by atoms with E-state index in [0.717, 1.165) is 12.8 Å². The molecule has 20 heavy (non-hydrogen) atoms. The molecule has 0 amide bonds. The number of rotatable bonds is 6. The Hall–Kier alpha value is -0.353. The van der Waals surface area contributed by atoms with Gasteiger partial charge < -0.3 is 9.16 Å².